The van der Waals surface area contributed by atoms with Crippen LogP contribution in [0.25, 0.3) is 21.7 Å². The Bertz CT molecular complexity index is 779. The Morgan fingerprint density at radius 1 is 1.05 bits per heavy atom. The predicted octanol–water partition coefficient (Wildman–Crippen LogP) is 5.35. The third-order valence-corrected chi connectivity index (χ3v) is 4.94. The molecule has 20 heavy (non-hydrogen) atoms. The molecule has 0 fully saturated rings. The number of hydrogen-bond acceptors (Lipinski definition) is 3. The summed E-state index contributed by atoms with van der Waals surface area (Å²) in [6.07, 6.45) is 0. The highest BCUT2D eigenvalue weighted by Crippen LogP contribution is 2.41. The van der Waals surface area contributed by atoms with Gasteiger partial charge >= 0.3 is 0 Å². The number of thiophene rings is 1. The van der Waals surface area contributed by atoms with Gasteiger partial charge in [-0.05, 0) is 29.1 Å². The standard InChI is InChI=1S/C13H8Cl3N3S/c14-7-2-1-6(5-9(7)16)10-11(18-19-13(10)17)12-8(15)3-4-20-12/h1-5H,(H3,17,18,19). The quantitative estimate of drug-likeness (QED) is 0.658. The minimum atomic E-state index is 0.392. The highest BCUT2D eigenvalue weighted by Gasteiger charge is 2.18. The number of halogens is 3. The summed E-state index contributed by atoms with van der Waals surface area (Å²) in [7, 11) is 0. The van der Waals surface area contributed by atoms with Gasteiger partial charge in [-0.15, -0.1) is 11.3 Å². The Balaban J connectivity index is 2.21. The summed E-state index contributed by atoms with van der Waals surface area (Å²) in [5.41, 5.74) is 8.35. The minimum Gasteiger partial charge on any atom is -0.382 e. The third-order valence-electron chi connectivity index (χ3n) is 2.85. The lowest BCUT2D eigenvalue weighted by atomic mass is 10.0. The molecule has 2 heterocycles. The molecule has 3 rings (SSSR count). The Morgan fingerprint density at radius 2 is 1.85 bits per heavy atom. The van der Waals surface area contributed by atoms with E-state index in [4.69, 9.17) is 40.5 Å². The molecule has 0 unspecified atom stereocenters. The predicted molar refractivity (Wildman–Crippen MR) is 86.8 cm³/mol. The van der Waals surface area contributed by atoms with Crippen LogP contribution in [0, 0.1) is 0 Å². The largest absolute Gasteiger partial charge is 0.382 e. The van der Waals surface area contributed by atoms with Crippen molar-refractivity contribution in [1.29, 1.82) is 0 Å². The van der Waals surface area contributed by atoms with Crippen LogP contribution in [0.4, 0.5) is 5.82 Å². The second-order valence-corrected chi connectivity index (χ2v) is 6.22. The summed E-state index contributed by atoms with van der Waals surface area (Å²) >= 11 is 19.7. The number of aromatic nitrogens is 2. The Kier molecular flexibility index (Phi) is 3.65. The Morgan fingerprint density at radius 3 is 2.50 bits per heavy atom. The minimum absolute atomic E-state index is 0.392. The van der Waals surface area contributed by atoms with E-state index in [1.807, 2.05) is 17.5 Å². The van der Waals surface area contributed by atoms with E-state index >= 15 is 0 Å². The molecule has 0 aliphatic rings. The van der Waals surface area contributed by atoms with Crippen molar-refractivity contribution < 1.29 is 0 Å². The smallest absolute Gasteiger partial charge is 0.153 e. The summed E-state index contributed by atoms with van der Waals surface area (Å²) in [5.74, 6) is 0.392. The fraction of sp³-hybridized carbons (Fsp3) is 0. The van der Waals surface area contributed by atoms with Crippen LogP contribution >= 0.6 is 46.1 Å². The SMILES string of the molecule is Nc1n[nH]c(-c2sccc2Cl)c1-c1ccc(Cl)c(Cl)c1. The monoisotopic (exact) mass is 343 g/mol. The molecule has 0 atom stereocenters. The van der Waals surface area contributed by atoms with Crippen LogP contribution < -0.4 is 5.73 Å². The van der Waals surface area contributed by atoms with Crippen molar-refractivity contribution in [2.45, 2.75) is 0 Å². The molecule has 3 N–H and O–H groups in total. The highest BCUT2D eigenvalue weighted by molar-refractivity contribution is 7.14. The van der Waals surface area contributed by atoms with Crippen molar-refractivity contribution in [3.05, 3.63) is 44.7 Å². The number of aromatic amines is 1. The molecule has 7 heteroatoms. The van der Waals surface area contributed by atoms with Gasteiger partial charge in [-0.2, -0.15) is 5.10 Å². The molecule has 0 spiro atoms. The van der Waals surface area contributed by atoms with Crippen LogP contribution in [0.15, 0.2) is 29.6 Å². The highest BCUT2D eigenvalue weighted by atomic mass is 35.5. The van der Waals surface area contributed by atoms with E-state index in [-0.39, 0.29) is 0 Å². The van der Waals surface area contributed by atoms with Gasteiger partial charge in [0.2, 0.25) is 0 Å². The molecule has 0 saturated heterocycles. The van der Waals surface area contributed by atoms with Crippen LogP contribution in [0.2, 0.25) is 15.1 Å². The first-order chi connectivity index (χ1) is 9.58. The first-order valence-corrected chi connectivity index (χ1v) is 7.62. The van der Waals surface area contributed by atoms with E-state index in [9.17, 15) is 0 Å². The van der Waals surface area contributed by atoms with Gasteiger partial charge in [0.1, 0.15) is 0 Å². The van der Waals surface area contributed by atoms with Crippen molar-refractivity contribution in [1.82, 2.24) is 10.2 Å². The van der Waals surface area contributed by atoms with Crippen LogP contribution in [-0.4, -0.2) is 10.2 Å². The lowest BCUT2D eigenvalue weighted by Crippen LogP contribution is -1.88. The van der Waals surface area contributed by atoms with E-state index < -0.39 is 0 Å². The number of nitrogens with zero attached hydrogens (tertiary/aromatic N) is 1. The molecule has 0 aliphatic heterocycles. The lowest BCUT2D eigenvalue weighted by Gasteiger charge is -2.05. The molecule has 3 aromatic rings. The van der Waals surface area contributed by atoms with Gasteiger partial charge < -0.3 is 5.73 Å². The van der Waals surface area contributed by atoms with Gasteiger partial charge in [-0.25, -0.2) is 0 Å². The maximum Gasteiger partial charge on any atom is 0.153 e. The van der Waals surface area contributed by atoms with E-state index in [0.717, 1.165) is 21.7 Å². The van der Waals surface area contributed by atoms with Crippen LogP contribution in [-0.2, 0) is 0 Å². The molecular weight excluding hydrogens is 337 g/mol. The van der Waals surface area contributed by atoms with Gasteiger partial charge in [-0.1, -0.05) is 40.9 Å². The van der Waals surface area contributed by atoms with Gasteiger partial charge in [0.25, 0.3) is 0 Å². The van der Waals surface area contributed by atoms with E-state index in [0.29, 0.717) is 20.9 Å². The number of hydrogen-bond donors (Lipinski definition) is 2. The van der Waals surface area contributed by atoms with Crippen molar-refractivity contribution in [3.63, 3.8) is 0 Å². The van der Waals surface area contributed by atoms with Crippen molar-refractivity contribution in [3.8, 4) is 21.7 Å². The Hall–Kier alpha value is -1.20. The summed E-state index contributed by atoms with van der Waals surface area (Å²) in [6.45, 7) is 0. The van der Waals surface area contributed by atoms with Crippen molar-refractivity contribution >= 4 is 52.0 Å². The molecule has 1 aromatic carbocycles. The summed E-state index contributed by atoms with van der Waals surface area (Å²) < 4.78 is 0. The number of H-pyrrole nitrogens is 1. The maximum atomic E-state index is 6.17. The maximum absolute atomic E-state index is 6.17. The van der Waals surface area contributed by atoms with Crippen molar-refractivity contribution in [2.24, 2.45) is 0 Å². The van der Waals surface area contributed by atoms with Gasteiger partial charge in [0.05, 0.1) is 31.2 Å². The molecule has 0 radical (unpaired) electrons. The second kappa shape index (κ2) is 5.30. The molecule has 2 aromatic heterocycles. The molecular formula is C13H8Cl3N3S. The van der Waals surface area contributed by atoms with E-state index in [1.54, 1.807) is 12.1 Å². The lowest BCUT2D eigenvalue weighted by molar-refractivity contribution is 1.11. The zero-order valence-electron chi connectivity index (χ0n) is 9.95. The van der Waals surface area contributed by atoms with Gasteiger partial charge in [0, 0.05) is 0 Å². The average molecular weight is 345 g/mol. The third kappa shape index (κ3) is 2.29. The number of anilines is 1. The van der Waals surface area contributed by atoms with Crippen LogP contribution in [0.3, 0.4) is 0 Å². The fourth-order valence-electron chi connectivity index (χ4n) is 1.94. The van der Waals surface area contributed by atoms with Crippen LogP contribution in [0.5, 0.6) is 0 Å². The molecule has 0 aliphatic carbocycles. The van der Waals surface area contributed by atoms with Crippen molar-refractivity contribution in [2.75, 3.05) is 5.73 Å². The summed E-state index contributed by atoms with van der Waals surface area (Å²) in [6, 6.07) is 7.17. The number of nitrogens with two attached hydrogens (primary N) is 1. The van der Waals surface area contributed by atoms with Gasteiger partial charge in [-0.3, -0.25) is 5.10 Å². The van der Waals surface area contributed by atoms with E-state index in [1.165, 1.54) is 11.3 Å². The molecule has 3 nitrogen and oxygen atoms in total. The number of rotatable bonds is 2. The first-order valence-electron chi connectivity index (χ1n) is 5.60. The number of nitrogens with one attached hydrogen (secondary N) is 1. The fourth-order valence-corrected chi connectivity index (χ4v) is 3.39. The molecule has 0 bridgehead atoms. The zero-order valence-corrected chi connectivity index (χ0v) is 13.0. The zero-order chi connectivity index (χ0) is 14.3. The summed E-state index contributed by atoms with van der Waals surface area (Å²) in [4.78, 5) is 0.886. The van der Waals surface area contributed by atoms with E-state index in [2.05, 4.69) is 10.2 Å². The number of nitrogen functional groups attached to an aromatic ring is 1. The summed E-state index contributed by atoms with van der Waals surface area (Å²) in [5, 5.41) is 10.5. The Labute approximate surface area is 134 Å². The normalized spacial score (nSPS) is 10.9. The second-order valence-electron chi connectivity index (χ2n) is 4.09. The van der Waals surface area contributed by atoms with Crippen LogP contribution in [0.1, 0.15) is 0 Å². The molecule has 0 amide bonds. The molecule has 0 saturated carbocycles. The topological polar surface area (TPSA) is 54.7 Å². The average Bonchev–Trinajstić information content (AvgIpc) is 2.99. The molecule has 102 valence electrons. The van der Waals surface area contributed by atoms with Gasteiger partial charge in [0.15, 0.2) is 5.82 Å². The first kappa shape index (κ1) is 13.8. The number of benzene rings is 1.